The highest BCUT2D eigenvalue weighted by atomic mass is 79.9. The summed E-state index contributed by atoms with van der Waals surface area (Å²) in [6, 6.07) is 6.73. The maximum Gasteiger partial charge on any atom is 0.337 e. The number of ether oxygens (including phenoxy) is 1. The summed E-state index contributed by atoms with van der Waals surface area (Å²) >= 11 is 3.35. The molecule has 0 saturated carbocycles. The molecule has 2 rings (SSSR count). The van der Waals surface area contributed by atoms with Gasteiger partial charge in [-0.15, -0.1) is 0 Å². The normalized spacial score (nSPS) is 10.1. The number of carboxylic acid groups (broad SMARTS) is 1. The Morgan fingerprint density at radius 3 is 2.85 bits per heavy atom. The van der Waals surface area contributed by atoms with Crippen LogP contribution in [0.1, 0.15) is 10.4 Å². The monoisotopic (exact) mass is 337 g/mol. The van der Waals surface area contributed by atoms with E-state index in [0.717, 1.165) is 4.47 Å². The van der Waals surface area contributed by atoms with Crippen molar-refractivity contribution in [3.8, 4) is 5.75 Å². The molecule has 104 valence electrons. The van der Waals surface area contributed by atoms with Gasteiger partial charge in [0, 0.05) is 10.7 Å². The fourth-order valence-electron chi connectivity index (χ4n) is 1.66. The van der Waals surface area contributed by atoms with Crippen LogP contribution in [0.5, 0.6) is 5.75 Å². The molecule has 4 N–H and O–H groups in total. The number of nitrogens with one attached hydrogen (secondary N) is 1. The Balaban J connectivity index is 2.42. The van der Waals surface area contributed by atoms with E-state index in [9.17, 15) is 4.79 Å². The fourth-order valence-corrected chi connectivity index (χ4v) is 2.03. The molecule has 0 atom stereocenters. The standard InChI is InChI=1S/C13H12BrN3O3/c1-20-10-3-2-7(14)6-9(10)17-12-11(15)8(13(18)19)4-5-16-12/h2-6H,15H2,1H3,(H,16,17)(H,18,19). The van der Waals surface area contributed by atoms with Crippen LogP contribution in [0.2, 0.25) is 0 Å². The minimum absolute atomic E-state index is 0.00327. The van der Waals surface area contributed by atoms with Crippen molar-refractivity contribution >= 4 is 39.1 Å². The number of anilines is 3. The predicted octanol–water partition coefficient (Wildman–Crippen LogP) is 2.88. The predicted molar refractivity (Wildman–Crippen MR) is 79.6 cm³/mol. The highest BCUT2D eigenvalue weighted by molar-refractivity contribution is 9.10. The number of halogens is 1. The first-order valence-corrected chi connectivity index (χ1v) is 6.40. The second-order valence-electron chi connectivity index (χ2n) is 3.90. The zero-order valence-corrected chi connectivity index (χ0v) is 12.1. The van der Waals surface area contributed by atoms with Crippen LogP contribution in [-0.4, -0.2) is 23.2 Å². The van der Waals surface area contributed by atoms with Crippen molar-refractivity contribution in [2.75, 3.05) is 18.2 Å². The summed E-state index contributed by atoms with van der Waals surface area (Å²) in [7, 11) is 1.54. The first-order valence-electron chi connectivity index (χ1n) is 5.61. The second-order valence-corrected chi connectivity index (χ2v) is 4.81. The lowest BCUT2D eigenvalue weighted by molar-refractivity contribution is 0.0698. The highest BCUT2D eigenvalue weighted by Gasteiger charge is 2.13. The number of hydrogen-bond acceptors (Lipinski definition) is 5. The molecule has 0 unspecified atom stereocenters. The number of carboxylic acids is 1. The van der Waals surface area contributed by atoms with E-state index in [1.165, 1.54) is 12.3 Å². The lowest BCUT2D eigenvalue weighted by Crippen LogP contribution is -2.07. The van der Waals surface area contributed by atoms with Crippen LogP contribution in [-0.2, 0) is 0 Å². The van der Waals surface area contributed by atoms with E-state index in [1.54, 1.807) is 19.2 Å². The SMILES string of the molecule is COc1ccc(Br)cc1Nc1nccc(C(=O)O)c1N. The maximum atomic E-state index is 11.0. The number of nitrogen functional groups attached to an aromatic ring is 1. The number of hydrogen-bond donors (Lipinski definition) is 3. The van der Waals surface area contributed by atoms with Gasteiger partial charge in [0.25, 0.3) is 0 Å². The average molecular weight is 338 g/mol. The Morgan fingerprint density at radius 1 is 1.45 bits per heavy atom. The summed E-state index contributed by atoms with van der Waals surface area (Å²) in [4.78, 5) is 15.1. The Morgan fingerprint density at radius 2 is 2.20 bits per heavy atom. The van der Waals surface area contributed by atoms with Crippen LogP contribution in [0.15, 0.2) is 34.9 Å². The van der Waals surface area contributed by atoms with E-state index in [0.29, 0.717) is 11.4 Å². The molecular weight excluding hydrogens is 326 g/mol. The van der Waals surface area contributed by atoms with Crippen molar-refractivity contribution in [3.63, 3.8) is 0 Å². The number of benzene rings is 1. The third kappa shape index (κ3) is 2.83. The molecule has 7 heteroatoms. The van der Waals surface area contributed by atoms with Gasteiger partial charge in [0.05, 0.1) is 24.0 Å². The molecule has 0 aliphatic rings. The minimum Gasteiger partial charge on any atom is -0.495 e. The van der Waals surface area contributed by atoms with Crippen molar-refractivity contribution in [2.45, 2.75) is 0 Å². The van der Waals surface area contributed by atoms with Gasteiger partial charge in [-0.2, -0.15) is 0 Å². The number of pyridine rings is 1. The highest BCUT2D eigenvalue weighted by Crippen LogP contribution is 2.32. The van der Waals surface area contributed by atoms with Gasteiger partial charge >= 0.3 is 5.97 Å². The molecule has 0 fully saturated rings. The number of aromatic carboxylic acids is 1. The average Bonchev–Trinajstić information content (AvgIpc) is 2.41. The Kier molecular flexibility index (Phi) is 4.09. The molecule has 0 amide bonds. The summed E-state index contributed by atoms with van der Waals surface area (Å²) in [5.74, 6) is -0.245. The molecule has 1 aromatic heterocycles. The lowest BCUT2D eigenvalue weighted by atomic mass is 10.2. The van der Waals surface area contributed by atoms with Gasteiger partial charge in [-0.3, -0.25) is 0 Å². The lowest BCUT2D eigenvalue weighted by Gasteiger charge is -2.13. The third-order valence-corrected chi connectivity index (χ3v) is 3.13. The smallest absolute Gasteiger partial charge is 0.337 e. The van der Waals surface area contributed by atoms with Crippen LogP contribution in [0.25, 0.3) is 0 Å². The molecule has 0 radical (unpaired) electrons. The van der Waals surface area contributed by atoms with Gasteiger partial charge in [-0.25, -0.2) is 9.78 Å². The van der Waals surface area contributed by atoms with Gasteiger partial charge in [0.2, 0.25) is 0 Å². The number of carbonyl (C=O) groups is 1. The second kappa shape index (κ2) is 5.79. The van der Waals surface area contributed by atoms with Crippen LogP contribution in [0.4, 0.5) is 17.2 Å². The van der Waals surface area contributed by atoms with Crippen LogP contribution in [0, 0.1) is 0 Å². The number of nitrogens with two attached hydrogens (primary N) is 1. The fraction of sp³-hybridized carbons (Fsp3) is 0.0769. The molecule has 2 aromatic rings. The van der Waals surface area contributed by atoms with E-state index in [4.69, 9.17) is 15.6 Å². The molecule has 0 saturated heterocycles. The largest absolute Gasteiger partial charge is 0.495 e. The van der Waals surface area contributed by atoms with Crippen molar-refractivity contribution < 1.29 is 14.6 Å². The first kappa shape index (κ1) is 14.1. The third-order valence-electron chi connectivity index (χ3n) is 2.64. The maximum absolute atomic E-state index is 11.0. The van der Waals surface area contributed by atoms with Gasteiger partial charge in [-0.1, -0.05) is 15.9 Å². The van der Waals surface area contributed by atoms with Crippen molar-refractivity contribution in [2.24, 2.45) is 0 Å². The summed E-state index contributed by atoms with van der Waals surface area (Å²) in [6.45, 7) is 0. The van der Waals surface area contributed by atoms with Crippen molar-refractivity contribution in [3.05, 3.63) is 40.5 Å². The number of nitrogens with zero attached hydrogens (tertiary/aromatic N) is 1. The van der Waals surface area contributed by atoms with Gasteiger partial charge in [0.15, 0.2) is 5.82 Å². The van der Waals surface area contributed by atoms with Crippen LogP contribution >= 0.6 is 15.9 Å². The number of rotatable bonds is 4. The van der Waals surface area contributed by atoms with Gasteiger partial charge < -0.3 is 20.9 Å². The topological polar surface area (TPSA) is 97.5 Å². The zero-order valence-electron chi connectivity index (χ0n) is 10.6. The molecular formula is C13H12BrN3O3. The Bertz CT molecular complexity index is 661. The van der Waals surface area contributed by atoms with E-state index >= 15 is 0 Å². The molecule has 0 bridgehead atoms. The molecule has 20 heavy (non-hydrogen) atoms. The van der Waals surface area contributed by atoms with E-state index < -0.39 is 5.97 Å². The van der Waals surface area contributed by atoms with Crippen molar-refractivity contribution in [1.29, 1.82) is 0 Å². The Hall–Kier alpha value is -2.28. The molecule has 1 heterocycles. The van der Waals surface area contributed by atoms with Crippen LogP contribution < -0.4 is 15.8 Å². The number of aromatic nitrogens is 1. The molecule has 0 spiro atoms. The quantitative estimate of drug-likeness (QED) is 0.793. The van der Waals surface area contributed by atoms with E-state index in [1.807, 2.05) is 6.07 Å². The first-order chi connectivity index (χ1) is 9.52. The molecule has 1 aromatic carbocycles. The summed E-state index contributed by atoms with van der Waals surface area (Å²) in [5, 5.41) is 12.0. The van der Waals surface area contributed by atoms with Gasteiger partial charge in [-0.05, 0) is 24.3 Å². The zero-order chi connectivity index (χ0) is 14.7. The molecule has 0 aliphatic carbocycles. The van der Waals surface area contributed by atoms with Crippen molar-refractivity contribution in [1.82, 2.24) is 4.98 Å². The van der Waals surface area contributed by atoms with E-state index in [2.05, 4.69) is 26.2 Å². The summed E-state index contributed by atoms with van der Waals surface area (Å²) in [5.41, 5.74) is 6.50. The molecule has 6 nitrogen and oxygen atoms in total. The summed E-state index contributed by atoms with van der Waals surface area (Å²) in [6.07, 6.45) is 1.38. The molecule has 0 aliphatic heterocycles. The number of methoxy groups -OCH3 is 1. The van der Waals surface area contributed by atoms with Gasteiger partial charge in [0.1, 0.15) is 5.75 Å². The van der Waals surface area contributed by atoms with E-state index in [-0.39, 0.29) is 17.1 Å². The Labute approximate surface area is 123 Å². The van der Waals surface area contributed by atoms with Crippen LogP contribution in [0.3, 0.4) is 0 Å². The summed E-state index contributed by atoms with van der Waals surface area (Å²) < 4.78 is 6.06. The minimum atomic E-state index is -1.10.